The van der Waals surface area contributed by atoms with Gasteiger partial charge in [0.25, 0.3) is 0 Å². The van der Waals surface area contributed by atoms with Gasteiger partial charge < -0.3 is 28.4 Å². The van der Waals surface area contributed by atoms with E-state index in [1.165, 1.54) is 44.5 Å². The number of benzene rings is 3. The number of aromatic nitrogens is 1. The van der Waals surface area contributed by atoms with Gasteiger partial charge in [-0.25, -0.2) is 4.98 Å². The molecule has 1 aromatic heterocycles. The zero-order valence-corrected chi connectivity index (χ0v) is 34.1. The maximum absolute atomic E-state index is 12.1. The number of ether oxygens (including phenoxy) is 6. The average molecular weight is 799 g/mol. The van der Waals surface area contributed by atoms with Crippen molar-refractivity contribution >= 4 is 21.9 Å². The van der Waals surface area contributed by atoms with E-state index in [9.17, 15) is 4.79 Å². The first-order chi connectivity index (χ1) is 25.8. The van der Waals surface area contributed by atoms with Crippen LogP contribution in [0.3, 0.4) is 0 Å². The van der Waals surface area contributed by atoms with Crippen LogP contribution in [-0.2, 0) is 32.0 Å². The third-order valence-electron chi connectivity index (χ3n) is 11.0. The fourth-order valence-corrected chi connectivity index (χ4v) is 8.14. The highest BCUT2D eigenvalue weighted by atomic mass is 79.9. The van der Waals surface area contributed by atoms with Crippen molar-refractivity contribution < 1.29 is 33.2 Å². The van der Waals surface area contributed by atoms with Gasteiger partial charge in [0.2, 0.25) is 5.88 Å². The summed E-state index contributed by atoms with van der Waals surface area (Å²) in [7, 11) is 0. The van der Waals surface area contributed by atoms with Crippen molar-refractivity contribution in [3.05, 3.63) is 104 Å². The molecule has 9 heteroatoms. The lowest BCUT2D eigenvalue weighted by Crippen LogP contribution is -2.44. The summed E-state index contributed by atoms with van der Waals surface area (Å²) in [4.78, 5) is 16.7. The van der Waals surface area contributed by atoms with Crippen molar-refractivity contribution in [2.75, 3.05) is 46.2 Å². The summed E-state index contributed by atoms with van der Waals surface area (Å²) in [6.45, 7) is 20.1. The Labute approximate surface area is 328 Å². The van der Waals surface area contributed by atoms with Crippen LogP contribution in [0.1, 0.15) is 65.6 Å². The molecule has 0 amide bonds. The van der Waals surface area contributed by atoms with Gasteiger partial charge in [0.05, 0.1) is 52.2 Å². The highest BCUT2D eigenvalue weighted by Crippen LogP contribution is 2.62. The smallest absolute Gasteiger partial charge is 0.309 e. The molecule has 8 rings (SSSR count). The van der Waals surface area contributed by atoms with Crippen LogP contribution in [0.5, 0.6) is 17.4 Å². The number of pyridine rings is 1. The lowest BCUT2D eigenvalue weighted by atomic mass is 9.90. The second-order valence-corrected chi connectivity index (χ2v) is 17.2. The highest BCUT2D eigenvalue weighted by Gasteiger charge is 2.60. The maximum atomic E-state index is 12.1. The van der Waals surface area contributed by atoms with Gasteiger partial charge in [-0.1, -0.05) is 48.0 Å². The number of carbonyl (C=O) groups excluding carboxylic acids is 1. The molecule has 3 aromatic carbocycles. The molecule has 2 saturated heterocycles. The van der Waals surface area contributed by atoms with Gasteiger partial charge in [-0.05, 0) is 127 Å². The number of halogens is 1. The fourth-order valence-electron chi connectivity index (χ4n) is 7.92. The molecule has 0 unspecified atom stereocenters. The molecule has 8 nitrogen and oxygen atoms in total. The Bertz CT molecular complexity index is 1970. The second-order valence-electron chi connectivity index (χ2n) is 16.4. The van der Waals surface area contributed by atoms with E-state index in [1.807, 2.05) is 19.2 Å². The minimum atomic E-state index is -0.0703. The summed E-state index contributed by atoms with van der Waals surface area (Å²) in [5.74, 6) is 3.04. The van der Waals surface area contributed by atoms with E-state index in [2.05, 4.69) is 111 Å². The molecule has 4 aliphatic rings. The molecule has 2 aliphatic carbocycles. The van der Waals surface area contributed by atoms with Gasteiger partial charge in [0.15, 0.2) is 0 Å². The SMILES string of the molecule is CCOC(=O)[C@H]1[C@@H]2Cc3cc(OCc4cccc(-c5c(C)cc(OCC6(C)COC6)cc5C)c4)ncc3[C@@H]21.Cc1cc(OCC2(C)COC2)cc(C)c1Br. The van der Waals surface area contributed by atoms with Gasteiger partial charge in [0.1, 0.15) is 18.1 Å². The molecule has 2 aliphatic heterocycles. The zero-order chi connectivity index (χ0) is 38.2. The van der Waals surface area contributed by atoms with E-state index in [-0.39, 0.29) is 28.6 Å². The first-order valence-electron chi connectivity index (χ1n) is 19.0. The quantitative estimate of drug-likeness (QED) is 0.131. The summed E-state index contributed by atoms with van der Waals surface area (Å²) in [6, 6.07) is 18.9. The standard InChI is InChI=1S/C32H35NO5.C13H17BrO2/c1-5-36-31(34)30-25-12-23-13-27(33-14-26(23)29(25)30)37-15-21-7-6-8-22(11-21)28-19(2)9-24(10-20(28)3)38-18-32(4)16-35-17-32;1-9-4-11(5-10(2)12(9)14)16-8-13(3)6-15-7-13/h6-11,13-14,25,29-30H,5,12,15-18H2,1-4H3;4-5H,6-8H2,1-3H3/t25-,29-,30+;/m1./s1. The van der Waals surface area contributed by atoms with Crippen LogP contribution in [0.25, 0.3) is 11.1 Å². The highest BCUT2D eigenvalue weighted by molar-refractivity contribution is 9.10. The van der Waals surface area contributed by atoms with Gasteiger partial charge in [-0.3, -0.25) is 4.79 Å². The Hall–Kier alpha value is -3.92. The first kappa shape index (κ1) is 38.4. The summed E-state index contributed by atoms with van der Waals surface area (Å²) < 4.78 is 35.0. The summed E-state index contributed by atoms with van der Waals surface area (Å²) in [5.41, 5.74) is 11.0. The van der Waals surface area contributed by atoms with E-state index in [4.69, 9.17) is 28.4 Å². The molecule has 286 valence electrons. The molecule has 3 atom stereocenters. The average Bonchev–Trinajstić information content (AvgIpc) is 3.71. The third-order valence-corrected chi connectivity index (χ3v) is 12.3. The molecule has 1 saturated carbocycles. The predicted molar refractivity (Wildman–Crippen MR) is 212 cm³/mol. The zero-order valence-electron chi connectivity index (χ0n) is 32.6. The fraction of sp³-hybridized carbons (Fsp3) is 0.467. The molecular formula is C45H52BrNO7. The van der Waals surface area contributed by atoms with E-state index in [0.29, 0.717) is 31.6 Å². The van der Waals surface area contributed by atoms with Crippen molar-refractivity contribution in [1.29, 1.82) is 0 Å². The van der Waals surface area contributed by atoms with Gasteiger partial charge >= 0.3 is 5.97 Å². The Morgan fingerprint density at radius 1 is 0.833 bits per heavy atom. The number of hydrogen-bond donors (Lipinski definition) is 0. The number of fused-ring (bicyclic) bond motifs is 3. The molecule has 0 bridgehead atoms. The van der Waals surface area contributed by atoms with Crippen LogP contribution in [0.4, 0.5) is 0 Å². The molecule has 54 heavy (non-hydrogen) atoms. The van der Waals surface area contributed by atoms with Crippen molar-refractivity contribution in [3.63, 3.8) is 0 Å². The Morgan fingerprint density at radius 3 is 1.98 bits per heavy atom. The van der Waals surface area contributed by atoms with Crippen molar-refractivity contribution in [3.8, 4) is 28.5 Å². The molecule has 4 aromatic rings. The van der Waals surface area contributed by atoms with Crippen molar-refractivity contribution in [2.45, 2.75) is 67.4 Å². The molecule has 3 fully saturated rings. The Morgan fingerprint density at radius 2 is 1.43 bits per heavy atom. The van der Waals surface area contributed by atoms with Crippen molar-refractivity contribution in [1.82, 2.24) is 4.98 Å². The van der Waals surface area contributed by atoms with Crippen molar-refractivity contribution in [2.24, 2.45) is 22.7 Å². The van der Waals surface area contributed by atoms with E-state index in [1.54, 1.807) is 0 Å². The molecular weight excluding hydrogens is 746 g/mol. The van der Waals surface area contributed by atoms with Gasteiger partial charge in [0, 0.05) is 33.5 Å². The van der Waals surface area contributed by atoms with Gasteiger partial charge in [-0.15, -0.1) is 0 Å². The molecule has 3 heterocycles. The van der Waals surface area contributed by atoms with Crippen LogP contribution < -0.4 is 14.2 Å². The summed E-state index contributed by atoms with van der Waals surface area (Å²) in [5, 5.41) is 0. The maximum Gasteiger partial charge on any atom is 0.309 e. The Kier molecular flexibility index (Phi) is 11.1. The lowest BCUT2D eigenvalue weighted by molar-refractivity contribution is -0.145. The number of rotatable bonds is 12. The minimum absolute atomic E-state index is 0.00642. The topological polar surface area (TPSA) is 85.3 Å². The molecule has 0 spiro atoms. The largest absolute Gasteiger partial charge is 0.493 e. The lowest BCUT2D eigenvalue weighted by Gasteiger charge is -2.37. The first-order valence-corrected chi connectivity index (χ1v) is 19.8. The van der Waals surface area contributed by atoms with Crippen LogP contribution in [0.2, 0.25) is 0 Å². The number of carbonyl (C=O) groups is 1. The van der Waals surface area contributed by atoms with Crippen LogP contribution in [0.15, 0.2) is 65.3 Å². The van der Waals surface area contributed by atoms with Crippen LogP contribution >= 0.6 is 15.9 Å². The number of esters is 1. The summed E-state index contributed by atoms with van der Waals surface area (Å²) in [6.07, 6.45) is 2.78. The van der Waals surface area contributed by atoms with Crippen LogP contribution in [0, 0.1) is 50.4 Å². The van der Waals surface area contributed by atoms with E-state index >= 15 is 0 Å². The molecule has 0 radical (unpaired) electrons. The minimum Gasteiger partial charge on any atom is -0.493 e. The normalized spacial score (nSPS) is 20.9. The molecule has 0 N–H and O–H groups in total. The number of aryl methyl sites for hydroxylation is 4. The predicted octanol–water partition coefficient (Wildman–Crippen LogP) is 9.29. The van der Waals surface area contributed by atoms with Gasteiger partial charge in [-0.2, -0.15) is 0 Å². The summed E-state index contributed by atoms with van der Waals surface area (Å²) >= 11 is 3.55. The number of hydrogen-bond acceptors (Lipinski definition) is 8. The monoisotopic (exact) mass is 797 g/mol. The van der Waals surface area contributed by atoms with E-state index in [0.717, 1.165) is 61.0 Å². The number of nitrogens with zero attached hydrogens (tertiary/aromatic N) is 1. The van der Waals surface area contributed by atoms with E-state index < -0.39 is 0 Å². The third kappa shape index (κ3) is 8.33. The second kappa shape index (κ2) is 15.7. The van der Waals surface area contributed by atoms with Crippen LogP contribution in [-0.4, -0.2) is 57.2 Å². The Balaban J connectivity index is 0.000000235.